The molecule has 4 rings (SSSR count). The summed E-state index contributed by atoms with van der Waals surface area (Å²) in [5, 5.41) is 3.13. The molecule has 0 spiro atoms. The molecule has 0 bridgehead atoms. The topological polar surface area (TPSA) is 88.5 Å². The Bertz CT molecular complexity index is 1610. The summed E-state index contributed by atoms with van der Waals surface area (Å²) in [6.07, 6.45) is 0. The average molecular weight is 565 g/mol. The third-order valence-electron chi connectivity index (χ3n) is 5.49. The molecule has 1 heterocycles. The molecule has 0 aliphatic rings. The van der Waals surface area contributed by atoms with Crippen molar-refractivity contribution in [2.24, 2.45) is 0 Å². The van der Waals surface area contributed by atoms with Crippen LogP contribution in [0.4, 0.5) is 11.4 Å². The number of thiazole rings is 1. The first-order valence-corrected chi connectivity index (χ1v) is 14.0. The van der Waals surface area contributed by atoms with Gasteiger partial charge in [0.15, 0.2) is 0 Å². The lowest BCUT2D eigenvalue weighted by atomic mass is 10.2. The predicted molar refractivity (Wildman–Crippen MR) is 147 cm³/mol. The number of carbonyl (C=O) groups is 1. The van der Waals surface area contributed by atoms with Gasteiger partial charge in [-0.25, -0.2) is 8.42 Å². The Hall–Kier alpha value is -2.85. The Balaban J connectivity index is 1.68. The van der Waals surface area contributed by atoms with E-state index in [1.807, 2.05) is 20.8 Å². The molecule has 1 N–H and O–H groups in total. The first kappa shape index (κ1) is 26.2. The summed E-state index contributed by atoms with van der Waals surface area (Å²) in [5.74, 6) is -0.586. The largest absolute Gasteiger partial charge is 0.324 e. The number of rotatable bonds is 7. The van der Waals surface area contributed by atoms with Crippen LogP contribution in [0.15, 0.2) is 70.4 Å². The van der Waals surface area contributed by atoms with E-state index in [2.05, 4.69) is 5.32 Å². The molecule has 188 valence electrons. The van der Waals surface area contributed by atoms with Gasteiger partial charge in [0.2, 0.25) is 5.91 Å². The van der Waals surface area contributed by atoms with E-state index in [9.17, 15) is 18.0 Å². The summed E-state index contributed by atoms with van der Waals surface area (Å²) < 4.78 is 30.5. The minimum Gasteiger partial charge on any atom is -0.324 e. The monoisotopic (exact) mass is 563 g/mol. The molecule has 7 nitrogen and oxygen atoms in total. The number of carbonyl (C=O) groups excluding carboxylic acids is 1. The van der Waals surface area contributed by atoms with Crippen LogP contribution in [0, 0.1) is 6.92 Å². The van der Waals surface area contributed by atoms with Crippen molar-refractivity contribution in [3.05, 3.63) is 85.9 Å². The second kappa shape index (κ2) is 10.3. The molecule has 0 aliphatic heterocycles. The SMILES string of the molecule is Cc1ccc(S(=O)(=O)N(CC(=O)Nc2ccc3c(c2)sc(=O)n3C(C)C)c2cc(Cl)ccc2Cl)cc1. The summed E-state index contributed by atoms with van der Waals surface area (Å²) >= 11 is 13.5. The van der Waals surface area contributed by atoms with Crippen LogP contribution >= 0.6 is 34.5 Å². The fourth-order valence-corrected chi connectivity index (χ4v) is 6.67. The van der Waals surface area contributed by atoms with Crippen molar-refractivity contribution in [2.45, 2.75) is 31.7 Å². The zero-order chi connectivity index (χ0) is 26.2. The smallest absolute Gasteiger partial charge is 0.308 e. The summed E-state index contributed by atoms with van der Waals surface area (Å²) in [6.45, 7) is 5.15. The van der Waals surface area contributed by atoms with E-state index >= 15 is 0 Å². The molecule has 3 aromatic carbocycles. The minimum atomic E-state index is -4.16. The molecule has 4 aromatic rings. The van der Waals surface area contributed by atoms with Crippen molar-refractivity contribution in [2.75, 3.05) is 16.2 Å². The van der Waals surface area contributed by atoms with Crippen molar-refractivity contribution >= 4 is 72.1 Å². The number of sulfonamides is 1. The highest BCUT2D eigenvalue weighted by Gasteiger charge is 2.29. The Morgan fingerprint density at radius 1 is 1.06 bits per heavy atom. The van der Waals surface area contributed by atoms with E-state index < -0.39 is 22.5 Å². The molecule has 36 heavy (non-hydrogen) atoms. The highest BCUT2D eigenvalue weighted by Crippen LogP contribution is 2.33. The molecule has 0 atom stereocenters. The minimum absolute atomic E-state index is 0.00493. The molecule has 0 radical (unpaired) electrons. The summed E-state index contributed by atoms with van der Waals surface area (Å²) in [7, 11) is -4.16. The van der Waals surface area contributed by atoms with Gasteiger partial charge in [0.05, 0.1) is 25.8 Å². The number of halogens is 2. The number of hydrogen-bond acceptors (Lipinski definition) is 5. The second-order valence-corrected chi connectivity index (χ2v) is 12.2. The average Bonchev–Trinajstić information content (AvgIpc) is 3.14. The lowest BCUT2D eigenvalue weighted by molar-refractivity contribution is -0.114. The van der Waals surface area contributed by atoms with Gasteiger partial charge in [-0.2, -0.15) is 0 Å². The number of aryl methyl sites for hydroxylation is 1. The molecule has 0 saturated carbocycles. The van der Waals surface area contributed by atoms with Crippen molar-refractivity contribution < 1.29 is 13.2 Å². The maximum atomic E-state index is 13.6. The quantitative estimate of drug-likeness (QED) is 0.294. The number of aromatic nitrogens is 1. The molecule has 0 unspecified atom stereocenters. The highest BCUT2D eigenvalue weighted by atomic mass is 35.5. The zero-order valence-corrected chi connectivity index (χ0v) is 22.8. The van der Waals surface area contributed by atoms with Crippen LogP contribution in [0.1, 0.15) is 25.5 Å². The Morgan fingerprint density at radius 2 is 1.75 bits per heavy atom. The number of benzene rings is 3. The van der Waals surface area contributed by atoms with E-state index in [0.717, 1.165) is 26.7 Å². The fraction of sp³-hybridized carbons (Fsp3) is 0.200. The van der Waals surface area contributed by atoms with E-state index in [-0.39, 0.29) is 31.5 Å². The molecular formula is C25H23Cl2N3O4S2. The Kier molecular flexibility index (Phi) is 7.47. The number of amides is 1. The Morgan fingerprint density at radius 3 is 2.42 bits per heavy atom. The normalized spacial score (nSPS) is 11.7. The van der Waals surface area contributed by atoms with Gasteiger partial charge in [0.25, 0.3) is 10.0 Å². The second-order valence-electron chi connectivity index (χ2n) is 8.48. The van der Waals surface area contributed by atoms with E-state index in [1.165, 1.54) is 30.3 Å². The van der Waals surface area contributed by atoms with Gasteiger partial charge < -0.3 is 5.32 Å². The van der Waals surface area contributed by atoms with Crippen LogP contribution < -0.4 is 14.5 Å². The number of nitrogens with zero attached hydrogens (tertiary/aromatic N) is 2. The third-order valence-corrected chi connectivity index (χ3v) is 8.73. The van der Waals surface area contributed by atoms with Crippen LogP contribution in [-0.4, -0.2) is 25.4 Å². The van der Waals surface area contributed by atoms with E-state index in [4.69, 9.17) is 23.2 Å². The molecule has 0 saturated heterocycles. The van der Waals surface area contributed by atoms with Crippen molar-refractivity contribution in [1.82, 2.24) is 4.57 Å². The van der Waals surface area contributed by atoms with Gasteiger partial charge in [-0.15, -0.1) is 0 Å². The predicted octanol–water partition coefficient (Wildman–Crippen LogP) is 6.09. The maximum absolute atomic E-state index is 13.6. The molecule has 1 amide bonds. The van der Waals surface area contributed by atoms with Gasteiger partial charge in [0.1, 0.15) is 6.54 Å². The van der Waals surface area contributed by atoms with Crippen molar-refractivity contribution in [3.63, 3.8) is 0 Å². The van der Waals surface area contributed by atoms with Gasteiger partial charge in [0, 0.05) is 16.8 Å². The number of nitrogens with one attached hydrogen (secondary N) is 1. The molecule has 0 aliphatic carbocycles. The molecule has 11 heteroatoms. The summed E-state index contributed by atoms with van der Waals surface area (Å²) in [4.78, 5) is 25.3. The standard InChI is InChI=1S/C25H23Cl2N3O4S2/c1-15(2)30-21-11-7-18(13-23(21)35-25(30)32)28-24(31)14-29(22-12-17(26)6-10-20(22)27)36(33,34)19-8-4-16(3)5-9-19/h4-13,15H,14H2,1-3H3,(H,28,31). The van der Waals surface area contributed by atoms with Crippen LogP contribution in [0.2, 0.25) is 10.0 Å². The van der Waals surface area contributed by atoms with E-state index in [0.29, 0.717) is 10.4 Å². The van der Waals surface area contributed by atoms with Crippen LogP contribution in [0.3, 0.4) is 0 Å². The number of fused-ring (bicyclic) bond motifs is 1. The summed E-state index contributed by atoms with van der Waals surface area (Å²) in [6, 6.07) is 15.8. The molecular weight excluding hydrogens is 541 g/mol. The van der Waals surface area contributed by atoms with Crippen molar-refractivity contribution in [1.29, 1.82) is 0 Å². The van der Waals surface area contributed by atoms with E-state index in [1.54, 1.807) is 34.9 Å². The molecule has 0 fully saturated rings. The first-order valence-electron chi connectivity index (χ1n) is 11.0. The van der Waals surface area contributed by atoms with Crippen LogP contribution in [0.5, 0.6) is 0 Å². The first-order chi connectivity index (χ1) is 17.0. The van der Waals surface area contributed by atoms with Gasteiger partial charge in [-0.3, -0.25) is 18.5 Å². The summed E-state index contributed by atoms with van der Waals surface area (Å²) in [5.41, 5.74) is 2.19. The molecule has 1 aromatic heterocycles. The Labute approximate surface area is 222 Å². The number of hydrogen-bond donors (Lipinski definition) is 1. The van der Waals surface area contributed by atoms with Crippen LogP contribution in [0.25, 0.3) is 10.2 Å². The maximum Gasteiger partial charge on any atom is 0.308 e. The van der Waals surface area contributed by atoms with Crippen LogP contribution in [-0.2, 0) is 14.8 Å². The van der Waals surface area contributed by atoms with Crippen molar-refractivity contribution in [3.8, 4) is 0 Å². The van der Waals surface area contributed by atoms with Gasteiger partial charge in [-0.05, 0) is 69.3 Å². The third kappa shape index (κ3) is 5.29. The lowest BCUT2D eigenvalue weighted by Gasteiger charge is -2.25. The van der Waals surface area contributed by atoms with Gasteiger partial charge in [-0.1, -0.05) is 52.2 Å². The lowest BCUT2D eigenvalue weighted by Crippen LogP contribution is -2.38. The fourth-order valence-electron chi connectivity index (χ4n) is 3.75. The zero-order valence-electron chi connectivity index (χ0n) is 19.7. The number of anilines is 2. The highest BCUT2D eigenvalue weighted by molar-refractivity contribution is 7.92. The van der Waals surface area contributed by atoms with Gasteiger partial charge >= 0.3 is 4.87 Å².